The zero-order valence-electron chi connectivity index (χ0n) is 10.9. The van der Waals surface area contributed by atoms with Crippen molar-refractivity contribution in [3.05, 3.63) is 41.7 Å². The number of aryl methyl sites for hydroxylation is 2. The van der Waals surface area contributed by atoms with Crippen LogP contribution in [-0.4, -0.2) is 26.1 Å². The van der Waals surface area contributed by atoms with E-state index in [-0.39, 0.29) is 6.42 Å². The molecule has 19 heavy (non-hydrogen) atoms. The molecule has 2 aromatic rings. The lowest BCUT2D eigenvalue weighted by molar-refractivity contribution is -0.137. The average molecular weight is 259 g/mol. The lowest BCUT2D eigenvalue weighted by Crippen LogP contribution is -2.04. The maximum Gasteiger partial charge on any atom is 0.303 e. The molecule has 0 spiro atoms. The molecular weight excluding hydrogens is 242 g/mol. The third kappa shape index (κ3) is 3.40. The lowest BCUT2D eigenvalue weighted by Gasteiger charge is -2.06. The van der Waals surface area contributed by atoms with Gasteiger partial charge in [-0.15, -0.1) is 5.10 Å². The molecule has 5 nitrogen and oxygen atoms in total. The van der Waals surface area contributed by atoms with Crippen molar-refractivity contribution in [1.82, 2.24) is 15.0 Å². The molecule has 1 N–H and O–H groups in total. The molecule has 0 amide bonds. The molecule has 0 atom stereocenters. The number of nitrogens with zero attached hydrogens (tertiary/aromatic N) is 3. The van der Waals surface area contributed by atoms with Crippen molar-refractivity contribution in [3.8, 4) is 5.69 Å². The average Bonchev–Trinajstić information content (AvgIpc) is 2.87. The molecular formula is C14H17N3O2. The van der Waals surface area contributed by atoms with Gasteiger partial charge in [-0.1, -0.05) is 24.3 Å². The van der Waals surface area contributed by atoms with Gasteiger partial charge in [-0.3, -0.25) is 4.79 Å². The van der Waals surface area contributed by atoms with Gasteiger partial charge in [-0.05, 0) is 37.0 Å². The van der Waals surface area contributed by atoms with Crippen molar-refractivity contribution < 1.29 is 9.90 Å². The Bertz CT molecular complexity index is 546. The molecule has 0 bridgehead atoms. The van der Waals surface area contributed by atoms with E-state index >= 15 is 0 Å². The van der Waals surface area contributed by atoms with Crippen LogP contribution in [0.3, 0.4) is 0 Å². The number of rotatable bonds is 6. The first-order valence-electron chi connectivity index (χ1n) is 6.41. The molecule has 0 aliphatic rings. The highest BCUT2D eigenvalue weighted by Gasteiger charge is 2.07. The molecule has 0 aliphatic heterocycles. The Kier molecular flexibility index (Phi) is 4.28. The van der Waals surface area contributed by atoms with Crippen molar-refractivity contribution in [2.75, 3.05) is 0 Å². The first-order chi connectivity index (χ1) is 9.20. The molecule has 2 rings (SSSR count). The van der Waals surface area contributed by atoms with E-state index in [1.807, 2.05) is 12.1 Å². The third-order valence-corrected chi connectivity index (χ3v) is 3.03. The fourth-order valence-electron chi connectivity index (χ4n) is 1.94. The highest BCUT2D eigenvalue weighted by Crippen LogP contribution is 2.13. The number of carbonyl (C=O) groups is 1. The molecule has 0 saturated carbocycles. The van der Waals surface area contributed by atoms with Crippen LogP contribution < -0.4 is 0 Å². The first-order valence-corrected chi connectivity index (χ1v) is 6.41. The van der Waals surface area contributed by atoms with E-state index in [1.54, 1.807) is 10.9 Å². The Morgan fingerprint density at radius 3 is 2.68 bits per heavy atom. The molecule has 0 aliphatic carbocycles. The normalized spacial score (nSPS) is 10.6. The highest BCUT2D eigenvalue weighted by molar-refractivity contribution is 5.66. The second-order valence-corrected chi connectivity index (χ2v) is 4.40. The van der Waals surface area contributed by atoms with Gasteiger partial charge in [-0.2, -0.15) is 0 Å². The summed E-state index contributed by atoms with van der Waals surface area (Å²) in [5.74, 6) is -0.772. The molecule has 0 fully saturated rings. The quantitative estimate of drug-likeness (QED) is 0.863. The van der Waals surface area contributed by atoms with Gasteiger partial charge < -0.3 is 5.11 Å². The van der Waals surface area contributed by atoms with Crippen LogP contribution in [0, 0.1) is 0 Å². The predicted molar refractivity (Wildman–Crippen MR) is 71.3 cm³/mol. The van der Waals surface area contributed by atoms with Gasteiger partial charge in [0.15, 0.2) is 0 Å². The minimum atomic E-state index is -0.772. The zero-order valence-corrected chi connectivity index (χ0v) is 10.9. The maximum atomic E-state index is 10.5. The molecule has 0 saturated heterocycles. The number of hydrogen-bond donors (Lipinski definition) is 1. The predicted octanol–water partition coefficient (Wildman–Crippen LogP) is 2.24. The lowest BCUT2D eigenvalue weighted by atomic mass is 10.1. The highest BCUT2D eigenvalue weighted by atomic mass is 16.4. The molecule has 0 unspecified atom stereocenters. The summed E-state index contributed by atoms with van der Waals surface area (Å²) in [7, 11) is 0. The molecule has 1 aromatic carbocycles. The Labute approximate surface area is 111 Å². The van der Waals surface area contributed by atoms with Crippen LogP contribution >= 0.6 is 0 Å². The van der Waals surface area contributed by atoms with Gasteiger partial charge in [0.2, 0.25) is 0 Å². The molecule has 0 radical (unpaired) electrons. The fraction of sp³-hybridized carbons (Fsp3) is 0.357. The Balaban J connectivity index is 2.11. The number of hydrogen-bond acceptors (Lipinski definition) is 3. The minimum absolute atomic E-state index is 0.167. The second-order valence-electron chi connectivity index (χ2n) is 4.40. The van der Waals surface area contributed by atoms with Gasteiger partial charge in [0.25, 0.3) is 0 Å². The number of aliphatic carboxylic acids is 1. The zero-order chi connectivity index (χ0) is 13.7. The van der Waals surface area contributed by atoms with Crippen LogP contribution in [-0.2, 0) is 17.6 Å². The van der Waals surface area contributed by atoms with Crippen molar-refractivity contribution in [2.45, 2.75) is 32.6 Å². The summed E-state index contributed by atoms with van der Waals surface area (Å²) < 4.78 is 1.77. The number of carboxylic acid groups (broad SMARTS) is 1. The third-order valence-electron chi connectivity index (χ3n) is 3.03. The number of benzene rings is 1. The summed E-state index contributed by atoms with van der Waals surface area (Å²) in [5.41, 5.74) is 3.17. The van der Waals surface area contributed by atoms with Crippen LogP contribution in [0.5, 0.6) is 0 Å². The van der Waals surface area contributed by atoms with Gasteiger partial charge >= 0.3 is 5.97 Å². The SMILES string of the molecule is CCc1ccc(-n2nncc2CCCC(=O)O)cc1. The van der Waals surface area contributed by atoms with Crippen molar-refractivity contribution in [2.24, 2.45) is 0 Å². The Morgan fingerprint density at radius 2 is 2.05 bits per heavy atom. The van der Waals surface area contributed by atoms with E-state index in [0.29, 0.717) is 12.8 Å². The van der Waals surface area contributed by atoms with Crippen molar-refractivity contribution in [1.29, 1.82) is 0 Å². The number of aromatic nitrogens is 3. The molecule has 1 heterocycles. The standard InChI is InChI=1S/C14H17N3O2/c1-2-11-6-8-12(9-7-11)17-13(10-15-16-17)4-3-5-14(18)19/h6-10H,2-5H2,1H3,(H,18,19). The summed E-state index contributed by atoms with van der Waals surface area (Å²) >= 11 is 0. The minimum Gasteiger partial charge on any atom is -0.481 e. The van der Waals surface area contributed by atoms with E-state index < -0.39 is 5.97 Å². The summed E-state index contributed by atoms with van der Waals surface area (Å²) in [6, 6.07) is 8.15. The summed E-state index contributed by atoms with van der Waals surface area (Å²) in [6.45, 7) is 2.11. The van der Waals surface area contributed by atoms with Gasteiger partial charge in [0.05, 0.1) is 17.6 Å². The van der Waals surface area contributed by atoms with E-state index in [1.165, 1.54) is 5.56 Å². The van der Waals surface area contributed by atoms with E-state index in [2.05, 4.69) is 29.4 Å². The van der Waals surface area contributed by atoms with Crippen molar-refractivity contribution >= 4 is 5.97 Å². The Hall–Kier alpha value is -2.17. The smallest absolute Gasteiger partial charge is 0.303 e. The number of carboxylic acids is 1. The van der Waals surface area contributed by atoms with Gasteiger partial charge in [-0.25, -0.2) is 4.68 Å². The maximum absolute atomic E-state index is 10.5. The van der Waals surface area contributed by atoms with Crippen LogP contribution in [0.15, 0.2) is 30.5 Å². The first kappa shape index (κ1) is 13.3. The topological polar surface area (TPSA) is 68.0 Å². The van der Waals surface area contributed by atoms with E-state index in [9.17, 15) is 4.79 Å². The van der Waals surface area contributed by atoms with Gasteiger partial charge in [0.1, 0.15) is 0 Å². The summed E-state index contributed by atoms with van der Waals surface area (Å²) in [6.07, 6.45) is 4.11. The van der Waals surface area contributed by atoms with Crippen LogP contribution in [0.2, 0.25) is 0 Å². The summed E-state index contributed by atoms with van der Waals surface area (Å²) in [4.78, 5) is 10.5. The largest absolute Gasteiger partial charge is 0.481 e. The van der Waals surface area contributed by atoms with Crippen molar-refractivity contribution in [3.63, 3.8) is 0 Å². The van der Waals surface area contributed by atoms with Crippen LogP contribution in [0.25, 0.3) is 5.69 Å². The molecule has 100 valence electrons. The fourth-order valence-corrected chi connectivity index (χ4v) is 1.94. The Morgan fingerprint density at radius 1 is 1.32 bits per heavy atom. The summed E-state index contributed by atoms with van der Waals surface area (Å²) in [5, 5.41) is 16.6. The van der Waals surface area contributed by atoms with Crippen LogP contribution in [0.1, 0.15) is 31.0 Å². The molecule has 1 aromatic heterocycles. The monoisotopic (exact) mass is 259 g/mol. The van der Waals surface area contributed by atoms with E-state index in [4.69, 9.17) is 5.11 Å². The molecule has 5 heteroatoms. The van der Waals surface area contributed by atoms with Crippen LogP contribution in [0.4, 0.5) is 0 Å². The van der Waals surface area contributed by atoms with E-state index in [0.717, 1.165) is 17.8 Å². The second kappa shape index (κ2) is 6.13. The van der Waals surface area contributed by atoms with Gasteiger partial charge in [0, 0.05) is 6.42 Å².